The Balaban J connectivity index is 1.83. The van der Waals surface area contributed by atoms with Gasteiger partial charge in [-0.15, -0.1) is 10.2 Å². The van der Waals surface area contributed by atoms with Crippen molar-refractivity contribution in [1.29, 1.82) is 0 Å². The van der Waals surface area contributed by atoms with Gasteiger partial charge in [-0.3, -0.25) is 4.57 Å². The molecule has 0 saturated heterocycles. The third-order valence-corrected chi connectivity index (χ3v) is 4.56. The Bertz CT molecular complexity index is 805. The largest absolute Gasteiger partial charge is 0.497 e. The van der Waals surface area contributed by atoms with Gasteiger partial charge in [-0.25, -0.2) is 0 Å². The van der Waals surface area contributed by atoms with Crippen molar-refractivity contribution in [1.82, 2.24) is 14.8 Å². The van der Waals surface area contributed by atoms with E-state index >= 15 is 0 Å². The summed E-state index contributed by atoms with van der Waals surface area (Å²) in [5, 5.41) is 18.3. The van der Waals surface area contributed by atoms with E-state index in [4.69, 9.17) is 19.0 Å². The van der Waals surface area contributed by atoms with Gasteiger partial charge in [0.1, 0.15) is 11.5 Å². The van der Waals surface area contributed by atoms with Crippen molar-refractivity contribution in [3.05, 3.63) is 48.4 Å². The monoisotopic (exact) mass is 375 g/mol. The van der Waals surface area contributed by atoms with E-state index in [-0.39, 0.29) is 6.61 Å². The minimum atomic E-state index is 0.0271. The second-order valence-electron chi connectivity index (χ2n) is 5.39. The van der Waals surface area contributed by atoms with Crippen LogP contribution in [-0.4, -0.2) is 52.6 Å². The lowest BCUT2D eigenvalue weighted by molar-refractivity contribution is 0.103. The molecule has 3 rings (SSSR count). The Morgan fingerprint density at radius 3 is 2.88 bits per heavy atom. The molecule has 8 heteroatoms. The zero-order valence-electron chi connectivity index (χ0n) is 14.5. The van der Waals surface area contributed by atoms with Gasteiger partial charge in [-0.1, -0.05) is 23.9 Å². The summed E-state index contributed by atoms with van der Waals surface area (Å²) in [6.07, 6.45) is 1.65. The van der Waals surface area contributed by atoms with Crippen LogP contribution in [0.25, 0.3) is 11.4 Å². The first-order valence-electron chi connectivity index (χ1n) is 8.23. The van der Waals surface area contributed by atoms with Crippen LogP contribution in [0.4, 0.5) is 0 Å². The summed E-state index contributed by atoms with van der Waals surface area (Å²) in [5.41, 5.74) is 0.923. The molecule has 0 saturated carbocycles. The molecule has 3 aromatic rings. The number of aliphatic hydroxyl groups is 1. The fourth-order valence-corrected chi connectivity index (χ4v) is 3.22. The number of aromatic nitrogens is 3. The third kappa shape index (κ3) is 4.66. The summed E-state index contributed by atoms with van der Waals surface area (Å²) >= 11 is 1.55. The second kappa shape index (κ2) is 9.42. The Morgan fingerprint density at radius 2 is 2.12 bits per heavy atom. The van der Waals surface area contributed by atoms with Gasteiger partial charge in [0.2, 0.25) is 0 Å². The topological polar surface area (TPSA) is 82.5 Å². The van der Waals surface area contributed by atoms with E-state index < -0.39 is 0 Å². The summed E-state index contributed by atoms with van der Waals surface area (Å²) in [6, 6.07) is 11.5. The second-order valence-corrected chi connectivity index (χ2v) is 6.45. The highest BCUT2D eigenvalue weighted by molar-refractivity contribution is 7.99. The Labute approximate surface area is 156 Å². The van der Waals surface area contributed by atoms with Crippen LogP contribution in [0.5, 0.6) is 5.75 Å². The number of benzene rings is 1. The van der Waals surface area contributed by atoms with Crippen LogP contribution in [-0.2, 0) is 11.3 Å². The SMILES string of the molecule is COc1cccc(-c2nnc(SCCOCCO)n2Cc2ccco2)c1. The highest BCUT2D eigenvalue weighted by atomic mass is 32.2. The van der Waals surface area contributed by atoms with Crippen molar-refractivity contribution in [2.45, 2.75) is 11.7 Å². The van der Waals surface area contributed by atoms with Gasteiger partial charge in [-0.2, -0.15) is 0 Å². The third-order valence-electron chi connectivity index (χ3n) is 3.63. The molecule has 0 aliphatic carbocycles. The number of thioether (sulfide) groups is 1. The smallest absolute Gasteiger partial charge is 0.192 e. The molecule has 0 amide bonds. The molecule has 0 aliphatic heterocycles. The van der Waals surface area contributed by atoms with Gasteiger partial charge >= 0.3 is 0 Å². The van der Waals surface area contributed by atoms with Crippen molar-refractivity contribution in [3.8, 4) is 17.1 Å². The van der Waals surface area contributed by atoms with Gasteiger partial charge < -0.3 is 19.0 Å². The molecule has 2 heterocycles. The fraction of sp³-hybridized carbons (Fsp3) is 0.333. The van der Waals surface area contributed by atoms with Gasteiger partial charge in [0.25, 0.3) is 0 Å². The van der Waals surface area contributed by atoms with Crippen LogP contribution in [0.1, 0.15) is 5.76 Å². The Hall–Kier alpha value is -2.29. The first-order chi connectivity index (χ1) is 12.8. The molecule has 0 fully saturated rings. The lowest BCUT2D eigenvalue weighted by atomic mass is 10.2. The predicted octanol–water partition coefficient (Wildman–Crippen LogP) is 2.70. The molecule has 0 bridgehead atoms. The Morgan fingerprint density at radius 1 is 1.19 bits per heavy atom. The lowest BCUT2D eigenvalue weighted by Gasteiger charge is -2.10. The van der Waals surface area contributed by atoms with E-state index in [1.54, 1.807) is 25.1 Å². The van der Waals surface area contributed by atoms with Crippen molar-refractivity contribution >= 4 is 11.8 Å². The van der Waals surface area contributed by atoms with Gasteiger partial charge in [0.05, 0.1) is 39.7 Å². The number of ether oxygens (including phenoxy) is 2. The molecule has 2 aromatic heterocycles. The van der Waals surface area contributed by atoms with Crippen molar-refractivity contribution < 1.29 is 19.0 Å². The number of methoxy groups -OCH3 is 1. The summed E-state index contributed by atoms with van der Waals surface area (Å²) in [4.78, 5) is 0. The number of nitrogens with zero attached hydrogens (tertiary/aromatic N) is 3. The van der Waals surface area contributed by atoms with E-state index in [0.29, 0.717) is 25.5 Å². The first-order valence-corrected chi connectivity index (χ1v) is 9.22. The maximum Gasteiger partial charge on any atom is 0.192 e. The Kier molecular flexibility index (Phi) is 6.70. The average molecular weight is 375 g/mol. The average Bonchev–Trinajstić information content (AvgIpc) is 3.32. The zero-order chi connectivity index (χ0) is 18.2. The van der Waals surface area contributed by atoms with Crippen LogP contribution in [0.3, 0.4) is 0 Å². The maximum atomic E-state index is 8.76. The number of hydrogen-bond donors (Lipinski definition) is 1. The van der Waals surface area contributed by atoms with E-state index in [1.165, 1.54) is 0 Å². The summed E-state index contributed by atoms with van der Waals surface area (Å²) in [7, 11) is 1.64. The fourth-order valence-electron chi connectivity index (χ4n) is 2.43. The lowest BCUT2D eigenvalue weighted by Crippen LogP contribution is -2.06. The molecule has 138 valence electrons. The van der Waals surface area contributed by atoms with E-state index in [0.717, 1.165) is 28.1 Å². The number of hydrogen-bond acceptors (Lipinski definition) is 7. The first kappa shape index (κ1) is 18.5. The molecular weight excluding hydrogens is 354 g/mol. The molecule has 7 nitrogen and oxygen atoms in total. The van der Waals surface area contributed by atoms with Crippen LogP contribution in [0, 0.1) is 0 Å². The van der Waals surface area contributed by atoms with Crippen LogP contribution in [0.15, 0.2) is 52.2 Å². The van der Waals surface area contributed by atoms with Crippen molar-refractivity contribution in [3.63, 3.8) is 0 Å². The molecule has 0 spiro atoms. The van der Waals surface area contributed by atoms with E-state index in [1.807, 2.05) is 41.0 Å². The summed E-state index contributed by atoms with van der Waals surface area (Å²) in [5.74, 6) is 3.06. The van der Waals surface area contributed by atoms with Crippen molar-refractivity contribution in [2.75, 3.05) is 32.7 Å². The van der Waals surface area contributed by atoms with Gasteiger partial charge in [0, 0.05) is 11.3 Å². The van der Waals surface area contributed by atoms with Crippen molar-refractivity contribution in [2.24, 2.45) is 0 Å². The quantitative estimate of drug-likeness (QED) is 0.431. The highest BCUT2D eigenvalue weighted by Crippen LogP contribution is 2.27. The predicted molar refractivity (Wildman–Crippen MR) is 98.4 cm³/mol. The molecule has 1 aromatic carbocycles. The molecule has 0 atom stereocenters. The molecule has 26 heavy (non-hydrogen) atoms. The maximum absolute atomic E-state index is 8.76. The molecular formula is C18H21N3O4S. The van der Waals surface area contributed by atoms with Crippen LogP contribution < -0.4 is 4.74 Å². The highest BCUT2D eigenvalue weighted by Gasteiger charge is 2.16. The number of aliphatic hydroxyl groups excluding tert-OH is 1. The van der Waals surface area contributed by atoms with Gasteiger partial charge in [0.15, 0.2) is 11.0 Å². The van der Waals surface area contributed by atoms with Crippen LogP contribution in [0.2, 0.25) is 0 Å². The molecule has 0 unspecified atom stereocenters. The molecule has 0 aliphatic rings. The van der Waals surface area contributed by atoms with Crippen LogP contribution >= 0.6 is 11.8 Å². The summed E-state index contributed by atoms with van der Waals surface area (Å²) in [6.45, 7) is 1.44. The number of furan rings is 1. The minimum Gasteiger partial charge on any atom is -0.497 e. The number of rotatable bonds is 10. The molecule has 1 N–H and O–H groups in total. The minimum absolute atomic E-state index is 0.0271. The zero-order valence-corrected chi connectivity index (χ0v) is 15.3. The van der Waals surface area contributed by atoms with E-state index in [9.17, 15) is 0 Å². The molecule has 0 radical (unpaired) electrons. The summed E-state index contributed by atoms with van der Waals surface area (Å²) < 4.78 is 18.1. The normalized spacial score (nSPS) is 11.0. The standard InChI is InChI=1S/C18H21N3O4S/c1-23-15-5-2-4-14(12-15)17-19-20-18(26-11-10-24-9-7-22)21(17)13-16-6-3-8-25-16/h2-6,8,12,22H,7,9-11,13H2,1H3. The van der Waals surface area contributed by atoms with E-state index in [2.05, 4.69) is 10.2 Å². The van der Waals surface area contributed by atoms with Gasteiger partial charge in [-0.05, 0) is 24.3 Å².